The van der Waals surface area contributed by atoms with Gasteiger partial charge in [0.2, 0.25) is 0 Å². The minimum Gasteiger partial charge on any atom is -0.497 e. The minimum atomic E-state index is -0.990. The van der Waals surface area contributed by atoms with E-state index < -0.39 is 5.60 Å². The summed E-state index contributed by atoms with van der Waals surface area (Å²) in [6.45, 7) is 2.19. The Hall–Kier alpha value is -2.40. The van der Waals surface area contributed by atoms with Gasteiger partial charge in [-0.3, -0.25) is 0 Å². The molecule has 0 fully saturated rings. The van der Waals surface area contributed by atoms with Crippen molar-refractivity contribution in [2.45, 2.75) is 19.1 Å². The Labute approximate surface area is 122 Å². The molecule has 1 N–H and O–H groups in total. The van der Waals surface area contributed by atoms with E-state index >= 15 is 0 Å². The lowest BCUT2D eigenvalue weighted by Crippen LogP contribution is -2.27. The highest BCUT2D eigenvalue weighted by Crippen LogP contribution is 2.28. The van der Waals surface area contributed by atoms with Crippen molar-refractivity contribution in [3.63, 3.8) is 0 Å². The van der Waals surface area contributed by atoms with Crippen LogP contribution in [-0.4, -0.2) is 27.0 Å². The topological polar surface area (TPSA) is 60.2 Å². The molecule has 0 saturated heterocycles. The molecule has 0 radical (unpaired) electrons. The van der Waals surface area contributed by atoms with Crippen LogP contribution in [0, 0.1) is 0 Å². The molecular weight excluding hydrogens is 266 g/mol. The molecule has 1 unspecified atom stereocenters. The molecule has 0 bridgehead atoms. The predicted octanol–water partition coefficient (Wildman–Crippen LogP) is 2.35. The van der Waals surface area contributed by atoms with Crippen LogP contribution in [-0.2, 0) is 12.1 Å². The van der Waals surface area contributed by atoms with Crippen molar-refractivity contribution in [2.24, 2.45) is 0 Å². The normalized spacial score (nSPS) is 14.0. The van der Waals surface area contributed by atoms with Crippen LogP contribution in [0.2, 0.25) is 0 Å². The first-order chi connectivity index (χ1) is 10.1. The van der Waals surface area contributed by atoms with Crippen LogP contribution in [0.3, 0.4) is 0 Å². The van der Waals surface area contributed by atoms with Gasteiger partial charge in [-0.2, -0.15) is 0 Å². The molecule has 108 valence electrons. The Morgan fingerprint density at radius 1 is 1.10 bits per heavy atom. The average Bonchev–Trinajstić information content (AvgIpc) is 2.98. The van der Waals surface area contributed by atoms with E-state index in [0.29, 0.717) is 6.54 Å². The van der Waals surface area contributed by atoms with Crippen LogP contribution < -0.4 is 4.74 Å². The van der Waals surface area contributed by atoms with Gasteiger partial charge in [-0.25, -0.2) is 0 Å². The van der Waals surface area contributed by atoms with Crippen molar-refractivity contribution >= 4 is 10.8 Å². The van der Waals surface area contributed by atoms with E-state index in [4.69, 9.17) is 4.74 Å². The van der Waals surface area contributed by atoms with Crippen LogP contribution in [0.4, 0.5) is 0 Å². The van der Waals surface area contributed by atoms with Crippen LogP contribution in [0.5, 0.6) is 5.75 Å². The maximum Gasteiger partial charge on any atom is 0.119 e. The molecule has 5 heteroatoms. The first-order valence-corrected chi connectivity index (χ1v) is 6.71. The quantitative estimate of drug-likeness (QED) is 0.798. The van der Waals surface area contributed by atoms with Gasteiger partial charge in [0.15, 0.2) is 0 Å². The fraction of sp³-hybridized carbons (Fsp3) is 0.250. The second-order valence-corrected chi connectivity index (χ2v) is 5.34. The van der Waals surface area contributed by atoms with E-state index in [1.54, 1.807) is 31.3 Å². The molecule has 2 aromatic carbocycles. The summed E-state index contributed by atoms with van der Waals surface area (Å²) in [5.41, 5.74) is -0.134. The van der Waals surface area contributed by atoms with E-state index in [2.05, 4.69) is 10.2 Å². The van der Waals surface area contributed by atoms with Gasteiger partial charge in [0.05, 0.1) is 13.7 Å². The zero-order chi connectivity index (χ0) is 14.9. The van der Waals surface area contributed by atoms with Crippen molar-refractivity contribution < 1.29 is 9.84 Å². The first-order valence-electron chi connectivity index (χ1n) is 6.71. The van der Waals surface area contributed by atoms with E-state index in [-0.39, 0.29) is 0 Å². The van der Waals surface area contributed by atoms with Gasteiger partial charge in [-0.1, -0.05) is 18.2 Å². The second-order valence-electron chi connectivity index (χ2n) is 5.34. The third-order valence-electron chi connectivity index (χ3n) is 3.63. The third-order valence-corrected chi connectivity index (χ3v) is 3.63. The molecular formula is C16H17N3O2. The first kappa shape index (κ1) is 13.6. The SMILES string of the molecule is COc1ccc2cc(C(C)(O)Cn3cnnc3)ccc2c1. The van der Waals surface area contributed by atoms with Crippen molar-refractivity contribution in [3.8, 4) is 5.75 Å². The Morgan fingerprint density at radius 2 is 1.76 bits per heavy atom. The van der Waals surface area contributed by atoms with Gasteiger partial charge in [-0.15, -0.1) is 10.2 Å². The molecule has 0 aliphatic carbocycles. The van der Waals surface area contributed by atoms with Gasteiger partial charge < -0.3 is 14.4 Å². The van der Waals surface area contributed by atoms with Gasteiger partial charge in [0.1, 0.15) is 24.0 Å². The van der Waals surface area contributed by atoms with E-state index in [1.165, 1.54) is 0 Å². The monoisotopic (exact) mass is 283 g/mol. The van der Waals surface area contributed by atoms with E-state index in [0.717, 1.165) is 22.1 Å². The van der Waals surface area contributed by atoms with Gasteiger partial charge in [-0.05, 0) is 41.5 Å². The molecule has 1 heterocycles. The summed E-state index contributed by atoms with van der Waals surface area (Å²) in [7, 11) is 1.65. The Bertz CT molecular complexity index is 751. The minimum absolute atomic E-state index is 0.404. The summed E-state index contributed by atoms with van der Waals surface area (Å²) in [6, 6.07) is 11.8. The number of benzene rings is 2. The van der Waals surface area contributed by atoms with Crippen LogP contribution in [0.15, 0.2) is 49.1 Å². The maximum atomic E-state index is 10.7. The molecule has 0 aliphatic rings. The summed E-state index contributed by atoms with van der Waals surface area (Å²) in [6.07, 6.45) is 3.20. The maximum absolute atomic E-state index is 10.7. The standard InChI is InChI=1S/C16H17N3O2/c1-16(20,9-19-10-17-18-11-19)14-5-3-13-8-15(21-2)6-4-12(13)7-14/h3-8,10-11,20H,9H2,1-2H3. The smallest absolute Gasteiger partial charge is 0.119 e. The molecule has 1 atom stereocenters. The fourth-order valence-corrected chi connectivity index (χ4v) is 2.44. The van der Waals surface area contributed by atoms with Gasteiger partial charge in [0.25, 0.3) is 0 Å². The van der Waals surface area contributed by atoms with Crippen molar-refractivity contribution in [2.75, 3.05) is 7.11 Å². The van der Waals surface area contributed by atoms with E-state index in [1.807, 2.05) is 36.4 Å². The molecule has 0 spiro atoms. The summed E-state index contributed by atoms with van der Waals surface area (Å²) >= 11 is 0. The summed E-state index contributed by atoms with van der Waals surface area (Å²) in [4.78, 5) is 0. The average molecular weight is 283 g/mol. The van der Waals surface area contributed by atoms with E-state index in [9.17, 15) is 5.11 Å². The molecule has 0 amide bonds. The number of aromatic nitrogens is 3. The second kappa shape index (κ2) is 5.18. The Balaban J connectivity index is 1.96. The number of nitrogens with zero attached hydrogens (tertiary/aromatic N) is 3. The number of methoxy groups -OCH3 is 1. The highest BCUT2D eigenvalue weighted by atomic mass is 16.5. The number of ether oxygens (including phenoxy) is 1. The summed E-state index contributed by atoms with van der Waals surface area (Å²) in [5, 5.41) is 20.4. The molecule has 5 nitrogen and oxygen atoms in total. The molecule has 1 aromatic heterocycles. The van der Waals surface area contributed by atoms with Crippen LogP contribution in [0.25, 0.3) is 10.8 Å². The zero-order valence-corrected chi connectivity index (χ0v) is 12.0. The number of hydrogen-bond acceptors (Lipinski definition) is 4. The fourth-order valence-electron chi connectivity index (χ4n) is 2.44. The van der Waals surface area contributed by atoms with Crippen molar-refractivity contribution in [3.05, 3.63) is 54.6 Å². The summed E-state index contributed by atoms with van der Waals surface area (Å²) < 4.78 is 6.99. The molecule has 0 aliphatic heterocycles. The third kappa shape index (κ3) is 2.73. The van der Waals surface area contributed by atoms with Gasteiger partial charge in [0, 0.05) is 0 Å². The number of rotatable bonds is 4. The number of fused-ring (bicyclic) bond motifs is 1. The number of aliphatic hydroxyl groups is 1. The lowest BCUT2D eigenvalue weighted by molar-refractivity contribution is 0.0383. The molecule has 0 saturated carbocycles. The molecule has 21 heavy (non-hydrogen) atoms. The largest absolute Gasteiger partial charge is 0.497 e. The van der Waals surface area contributed by atoms with Crippen LogP contribution in [0.1, 0.15) is 12.5 Å². The highest BCUT2D eigenvalue weighted by molar-refractivity contribution is 5.84. The Morgan fingerprint density at radius 3 is 2.48 bits per heavy atom. The highest BCUT2D eigenvalue weighted by Gasteiger charge is 2.24. The van der Waals surface area contributed by atoms with Gasteiger partial charge >= 0.3 is 0 Å². The van der Waals surface area contributed by atoms with Crippen LogP contribution >= 0.6 is 0 Å². The molecule has 3 rings (SSSR count). The molecule has 3 aromatic rings. The lowest BCUT2D eigenvalue weighted by Gasteiger charge is -2.24. The Kier molecular flexibility index (Phi) is 3.35. The van der Waals surface area contributed by atoms with Crippen molar-refractivity contribution in [1.82, 2.24) is 14.8 Å². The summed E-state index contributed by atoms with van der Waals surface area (Å²) in [5.74, 6) is 0.825. The number of hydrogen-bond donors (Lipinski definition) is 1. The predicted molar refractivity (Wildman–Crippen MR) is 80.1 cm³/mol. The zero-order valence-electron chi connectivity index (χ0n) is 12.0. The lowest BCUT2D eigenvalue weighted by atomic mass is 9.93. The van der Waals surface area contributed by atoms with Crippen molar-refractivity contribution in [1.29, 1.82) is 0 Å².